The van der Waals surface area contributed by atoms with Gasteiger partial charge >= 0.3 is 0 Å². The first-order chi connectivity index (χ1) is 4.79. The number of allylic oxidation sites excluding steroid dienone is 1. The maximum atomic E-state index is 5.46. The van der Waals surface area contributed by atoms with E-state index in [1.807, 2.05) is 0 Å². The Morgan fingerprint density at radius 2 is 2.50 bits per heavy atom. The molecule has 56 valence electrons. The largest absolute Gasteiger partial charge is 0.394 e. The summed E-state index contributed by atoms with van der Waals surface area (Å²) in [4.78, 5) is 0. The van der Waals surface area contributed by atoms with Gasteiger partial charge in [-0.05, 0) is 19.3 Å². The maximum Gasteiger partial charge on any atom is 0.0587 e. The number of thioether (sulfide) groups is 1. The summed E-state index contributed by atoms with van der Waals surface area (Å²) in [7, 11) is 0. The van der Waals surface area contributed by atoms with Crippen LogP contribution in [-0.2, 0) is 0 Å². The molecule has 0 bridgehead atoms. The molecule has 2 N–H and O–H groups in total. The Kier molecular flexibility index (Phi) is 2.87. The molecule has 0 aliphatic heterocycles. The van der Waals surface area contributed by atoms with E-state index >= 15 is 0 Å². The third-order valence-corrected chi connectivity index (χ3v) is 2.51. The molecule has 1 rings (SSSR count). The van der Waals surface area contributed by atoms with Gasteiger partial charge in [-0.2, -0.15) is 0 Å². The second-order valence-electron chi connectivity index (χ2n) is 2.48. The van der Waals surface area contributed by atoms with E-state index in [1.54, 1.807) is 11.8 Å². The summed E-state index contributed by atoms with van der Waals surface area (Å²) in [6, 6.07) is 0. The Morgan fingerprint density at radius 1 is 1.70 bits per heavy atom. The van der Waals surface area contributed by atoms with Crippen LogP contribution >= 0.6 is 11.8 Å². The standard InChI is InChI=1S/C8H13NS/c1-7(9)10-8-5-3-2-4-6-8/h3,5,8H,1-2,4,6,9H2/t8-/m0/s1. The topological polar surface area (TPSA) is 26.0 Å². The molecule has 0 radical (unpaired) electrons. The van der Waals surface area contributed by atoms with Crippen molar-refractivity contribution in [1.82, 2.24) is 0 Å². The molecule has 0 aromatic rings. The van der Waals surface area contributed by atoms with Crippen LogP contribution in [0.15, 0.2) is 23.8 Å². The minimum absolute atomic E-state index is 0.589. The summed E-state index contributed by atoms with van der Waals surface area (Å²) in [6.45, 7) is 3.66. The fourth-order valence-corrected chi connectivity index (χ4v) is 1.94. The van der Waals surface area contributed by atoms with Crippen LogP contribution in [0.1, 0.15) is 19.3 Å². The van der Waals surface area contributed by atoms with Crippen molar-refractivity contribution in [3.05, 3.63) is 23.8 Å². The van der Waals surface area contributed by atoms with Crippen molar-refractivity contribution < 1.29 is 0 Å². The number of rotatable bonds is 2. The molecule has 2 heteroatoms. The predicted octanol–water partition coefficient (Wildman–Crippen LogP) is 2.26. The molecule has 1 aliphatic carbocycles. The first-order valence-electron chi connectivity index (χ1n) is 3.57. The fourth-order valence-electron chi connectivity index (χ4n) is 1.07. The van der Waals surface area contributed by atoms with Crippen molar-refractivity contribution in [3.8, 4) is 0 Å². The van der Waals surface area contributed by atoms with Gasteiger partial charge in [0, 0.05) is 5.25 Å². The lowest BCUT2D eigenvalue weighted by Gasteiger charge is -2.14. The molecule has 1 nitrogen and oxygen atoms in total. The van der Waals surface area contributed by atoms with E-state index in [9.17, 15) is 0 Å². The number of hydrogen-bond donors (Lipinski definition) is 1. The molecule has 0 unspecified atom stereocenters. The van der Waals surface area contributed by atoms with Crippen LogP contribution in [0.2, 0.25) is 0 Å². The predicted molar refractivity (Wildman–Crippen MR) is 47.7 cm³/mol. The van der Waals surface area contributed by atoms with Crippen molar-refractivity contribution in [2.24, 2.45) is 5.73 Å². The molecule has 1 atom stereocenters. The third kappa shape index (κ3) is 2.48. The van der Waals surface area contributed by atoms with Gasteiger partial charge in [0.2, 0.25) is 0 Å². The second kappa shape index (κ2) is 3.71. The highest BCUT2D eigenvalue weighted by molar-refractivity contribution is 8.03. The average molecular weight is 155 g/mol. The fraction of sp³-hybridized carbons (Fsp3) is 0.500. The van der Waals surface area contributed by atoms with Gasteiger partial charge in [-0.3, -0.25) is 0 Å². The zero-order valence-corrected chi connectivity index (χ0v) is 6.86. The Hall–Kier alpha value is -0.370. The van der Waals surface area contributed by atoms with Gasteiger partial charge in [-0.25, -0.2) is 0 Å². The van der Waals surface area contributed by atoms with Crippen molar-refractivity contribution >= 4 is 11.8 Å². The monoisotopic (exact) mass is 155 g/mol. The van der Waals surface area contributed by atoms with Crippen molar-refractivity contribution in [3.63, 3.8) is 0 Å². The molecular weight excluding hydrogens is 142 g/mol. The van der Waals surface area contributed by atoms with E-state index in [1.165, 1.54) is 19.3 Å². The summed E-state index contributed by atoms with van der Waals surface area (Å²) in [6.07, 6.45) is 8.23. The summed E-state index contributed by atoms with van der Waals surface area (Å²) >= 11 is 1.67. The molecule has 0 heterocycles. The molecule has 0 aromatic heterocycles. The van der Waals surface area contributed by atoms with Crippen LogP contribution in [0.4, 0.5) is 0 Å². The van der Waals surface area contributed by atoms with Crippen LogP contribution in [0, 0.1) is 0 Å². The van der Waals surface area contributed by atoms with Crippen molar-refractivity contribution in [1.29, 1.82) is 0 Å². The van der Waals surface area contributed by atoms with Gasteiger partial charge in [0.05, 0.1) is 5.03 Å². The summed E-state index contributed by atoms with van der Waals surface area (Å²) < 4.78 is 0. The normalized spacial score (nSPS) is 24.6. The maximum absolute atomic E-state index is 5.46. The molecule has 10 heavy (non-hydrogen) atoms. The zero-order chi connectivity index (χ0) is 7.40. The number of nitrogens with two attached hydrogens (primary N) is 1. The number of hydrogen-bond acceptors (Lipinski definition) is 2. The summed E-state index contributed by atoms with van der Waals surface area (Å²) in [5.41, 5.74) is 5.46. The van der Waals surface area contributed by atoms with Crippen molar-refractivity contribution in [2.45, 2.75) is 24.5 Å². The van der Waals surface area contributed by atoms with E-state index in [2.05, 4.69) is 18.7 Å². The van der Waals surface area contributed by atoms with Crippen molar-refractivity contribution in [2.75, 3.05) is 0 Å². The van der Waals surface area contributed by atoms with Crippen LogP contribution in [0.5, 0.6) is 0 Å². The molecule has 0 aromatic carbocycles. The van der Waals surface area contributed by atoms with E-state index in [0.717, 1.165) is 5.03 Å². The lowest BCUT2D eigenvalue weighted by Crippen LogP contribution is -2.04. The van der Waals surface area contributed by atoms with Gasteiger partial charge in [-0.15, -0.1) is 11.8 Å². The minimum atomic E-state index is 0.589. The Bertz CT molecular complexity index is 151. The van der Waals surface area contributed by atoms with E-state index in [4.69, 9.17) is 5.73 Å². The summed E-state index contributed by atoms with van der Waals surface area (Å²) in [5.74, 6) is 0. The first-order valence-corrected chi connectivity index (χ1v) is 4.44. The van der Waals surface area contributed by atoms with E-state index in [0.29, 0.717) is 5.25 Å². The molecule has 0 fully saturated rings. The lowest BCUT2D eigenvalue weighted by molar-refractivity contribution is 0.742. The quantitative estimate of drug-likeness (QED) is 0.619. The second-order valence-corrected chi connectivity index (χ2v) is 3.85. The van der Waals surface area contributed by atoms with Gasteiger partial charge in [-0.1, -0.05) is 18.7 Å². The van der Waals surface area contributed by atoms with E-state index < -0.39 is 0 Å². The highest BCUT2D eigenvalue weighted by atomic mass is 32.2. The van der Waals surface area contributed by atoms with Gasteiger partial charge in [0.15, 0.2) is 0 Å². The van der Waals surface area contributed by atoms with Crippen LogP contribution in [-0.4, -0.2) is 5.25 Å². The molecule has 1 aliphatic rings. The SMILES string of the molecule is C=C(N)S[C@H]1C=CCCC1. The highest BCUT2D eigenvalue weighted by Crippen LogP contribution is 2.25. The third-order valence-electron chi connectivity index (χ3n) is 1.51. The van der Waals surface area contributed by atoms with Gasteiger partial charge in [0.1, 0.15) is 0 Å². The van der Waals surface area contributed by atoms with E-state index in [-0.39, 0.29) is 0 Å². The van der Waals surface area contributed by atoms with Gasteiger partial charge < -0.3 is 5.73 Å². The molecule has 0 amide bonds. The minimum Gasteiger partial charge on any atom is -0.394 e. The Labute approximate surface area is 66.4 Å². The Balaban J connectivity index is 2.33. The molecule has 0 saturated heterocycles. The first kappa shape index (κ1) is 7.73. The lowest BCUT2D eigenvalue weighted by atomic mass is 10.1. The van der Waals surface area contributed by atoms with Crippen LogP contribution in [0.25, 0.3) is 0 Å². The van der Waals surface area contributed by atoms with Crippen LogP contribution in [0.3, 0.4) is 0 Å². The Morgan fingerprint density at radius 3 is 3.00 bits per heavy atom. The average Bonchev–Trinajstić information content (AvgIpc) is 1.88. The highest BCUT2D eigenvalue weighted by Gasteiger charge is 2.08. The summed E-state index contributed by atoms with van der Waals surface area (Å²) in [5, 5.41) is 1.32. The molecule has 0 saturated carbocycles. The van der Waals surface area contributed by atoms with Gasteiger partial charge in [0.25, 0.3) is 0 Å². The molecule has 0 spiro atoms. The zero-order valence-electron chi connectivity index (χ0n) is 6.05. The van der Waals surface area contributed by atoms with Crippen LogP contribution < -0.4 is 5.73 Å². The smallest absolute Gasteiger partial charge is 0.0587 e. The molecular formula is C8H13NS.